The fourth-order valence-corrected chi connectivity index (χ4v) is 4.09. The molecular formula is C17H13ClN6OS2. The van der Waals surface area contributed by atoms with Crippen molar-refractivity contribution in [3.05, 3.63) is 63.8 Å². The highest BCUT2D eigenvalue weighted by Gasteiger charge is 2.09. The van der Waals surface area contributed by atoms with Crippen LogP contribution in [0.1, 0.15) is 10.6 Å². The van der Waals surface area contributed by atoms with E-state index in [4.69, 9.17) is 11.6 Å². The van der Waals surface area contributed by atoms with Gasteiger partial charge >= 0.3 is 0 Å². The van der Waals surface area contributed by atoms with E-state index in [2.05, 4.69) is 25.8 Å². The highest BCUT2D eigenvalue weighted by atomic mass is 35.5. The number of aromatic nitrogens is 3. The Morgan fingerprint density at radius 1 is 1.30 bits per heavy atom. The molecule has 0 fully saturated rings. The molecule has 2 N–H and O–H groups in total. The number of anilines is 2. The third-order valence-corrected chi connectivity index (χ3v) is 5.57. The van der Waals surface area contributed by atoms with Crippen LogP contribution in [0.3, 0.4) is 0 Å². The molecule has 0 spiro atoms. The van der Waals surface area contributed by atoms with E-state index in [0.29, 0.717) is 20.9 Å². The Labute approximate surface area is 167 Å². The SMILES string of the molecule is O=C(Cc1cn2ccsc2n1)NN=Cc1sc(Nc2ccccc2)nc1Cl. The zero-order chi connectivity index (χ0) is 18.6. The first-order chi connectivity index (χ1) is 13.2. The van der Waals surface area contributed by atoms with Crippen molar-refractivity contribution in [2.45, 2.75) is 6.42 Å². The standard InChI is InChI=1S/C17H13ClN6OS2/c18-15-13(27-16(22-15)20-11-4-2-1-3-5-11)9-19-23-14(25)8-12-10-24-6-7-26-17(24)21-12/h1-7,9-10H,8H2,(H,20,22)(H,23,25). The number of nitrogens with zero attached hydrogens (tertiary/aromatic N) is 4. The molecule has 3 aromatic heterocycles. The summed E-state index contributed by atoms with van der Waals surface area (Å²) in [4.78, 5) is 22.1. The van der Waals surface area contributed by atoms with E-state index in [1.54, 1.807) is 0 Å². The maximum absolute atomic E-state index is 12.0. The molecular weight excluding hydrogens is 404 g/mol. The summed E-state index contributed by atoms with van der Waals surface area (Å²) in [5, 5.41) is 10.0. The van der Waals surface area contributed by atoms with Crippen LogP contribution in [-0.4, -0.2) is 26.5 Å². The molecule has 0 aliphatic rings. The van der Waals surface area contributed by atoms with E-state index in [1.807, 2.05) is 52.5 Å². The molecule has 4 rings (SSSR count). The average molecular weight is 417 g/mol. The number of carbonyl (C=O) groups excluding carboxylic acids is 1. The molecule has 7 nitrogen and oxygen atoms in total. The number of amides is 1. The van der Waals surface area contributed by atoms with Gasteiger partial charge in [-0.1, -0.05) is 41.1 Å². The predicted octanol–water partition coefficient (Wildman–Crippen LogP) is 3.94. The molecule has 1 aromatic carbocycles. The Kier molecular flexibility index (Phi) is 5.14. The minimum absolute atomic E-state index is 0.156. The number of thiazole rings is 2. The lowest BCUT2D eigenvalue weighted by atomic mass is 10.3. The summed E-state index contributed by atoms with van der Waals surface area (Å²) in [6.45, 7) is 0. The number of para-hydroxylation sites is 1. The topological polar surface area (TPSA) is 83.7 Å². The van der Waals surface area contributed by atoms with Crippen molar-refractivity contribution in [1.29, 1.82) is 0 Å². The molecule has 0 saturated carbocycles. The summed E-state index contributed by atoms with van der Waals surface area (Å²) in [6.07, 6.45) is 5.37. The van der Waals surface area contributed by atoms with Crippen LogP contribution in [0.25, 0.3) is 4.96 Å². The molecule has 27 heavy (non-hydrogen) atoms. The van der Waals surface area contributed by atoms with E-state index >= 15 is 0 Å². The van der Waals surface area contributed by atoms with Crippen molar-refractivity contribution >= 4 is 62.2 Å². The summed E-state index contributed by atoms with van der Waals surface area (Å²) >= 11 is 9.00. The maximum atomic E-state index is 12.0. The Morgan fingerprint density at radius 2 is 2.15 bits per heavy atom. The van der Waals surface area contributed by atoms with Crippen LogP contribution in [0.4, 0.5) is 10.8 Å². The minimum atomic E-state index is -0.250. The first-order valence-electron chi connectivity index (χ1n) is 7.89. The lowest BCUT2D eigenvalue weighted by molar-refractivity contribution is -0.120. The monoisotopic (exact) mass is 416 g/mol. The number of halogens is 1. The Morgan fingerprint density at radius 3 is 2.96 bits per heavy atom. The van der Waals surface area contributed by atoms with Gasteiger partial charge in [-0.05, 0) is 12.1 Å². The van der Waals surface area contributed by atoms with E-state index in [9.17, 15) is 4.79 Å². The number of carbonyl (C=O) groups is 1. The molecule has 1 amide bonds. The van der Waals surface area contributed by atoms with Crippen LogP contribution in [0.15, 0.2) is 53.2 Å². The summed E-state index contributed by atoms with van der Waals surface area (Å²) in [5.41, 5.74) is 4.10. The number of hydrogen-bond acceptors (Lipinski definition) is 7. The van der Waals surface area contributed by atoms with Crippen molar-refractivity contribution in [3.63, 3.8) is 0 Å². The zero-order valence-electron chi connectivity index (χ0n) is 13.8. The molecule has 0 bridgehead atoms. The van der Waals surface area contributed by atoms with Gasteiger partial charge in [-0.15, -0.1) is 11.3 Å². The van der Waals surface area contributed by atoms with Crippen molar-refractivity contribution in [2.75, 3.05) is 5.32 Å². The lowest BCUT2D eigenvalue weighted by Crippen LogP contribution is -2.19. The number of fused-ring (bicyclic) bond motifs is 1. The van der Waals surface area contributed by atoms with Gasteiger partial charge in [0.05, 0.1) is 23.2 Å². The van der Waals surface area contributed by atoms with E-state index < -0.39 is 0 Å². The minimum Gasteiger partial charge on any atom is -0.331 e. The fraction of sp³-hybridized carbons (Fsp3) is 0.0588. The van der Waals surface area contributed by atoms with Crippen LogP contribution in [0, 0.1) is 0 Å². The normalized spacial score (nSPS) is 11.3. The third-order valence-electron chi connectivity index (χ3n) is 3.49. The van der Waals surface area contributed by atoms with E-state index in [-0.39, 0.29) is 12.3 Å². The lowest BCUT2D eigenvalue weighted by Gasteiger charge is -1.99. The van der Waals surface area contributed by atoms with Gasteiger partial charge in [-0.3, -0.25) is 9.20 Å². The number of hydrazone groups is 1. The van der Waals surface area contributed by atoms with Gasteiger partial charge in [0.25, 0.3) is 0 Å². The van der Waals surface area contributed by atoms with Gasteiger partial charge in [-0.25, -0.2) is 15.4 Å². The number of benzene rings is 1. The molecule has 0 radical (unpaired) electrons. The molecule has 0 aliphatic heterocycles. The quantitative estimate of drug-likeness (QED) is 0.368. The zero-order valence-corrected chi connectivity index (χ0v) is 16.2. The largest absolute Gasteiger partial charge is 0.331 e. The molecule has 0 aliphatic carbocycles. The maximum Gasteiger partial charge on any atom is 0.246 e. The Hall–Kier alpha value is -2.75. The van der Waals surface area contributed by atoms with Crippen LogP contribution in [-0.2, 0) is 11.2 Å². The number of hydrogen-bond donors (Lipinski definition) is 2. The third kappa shape index (κ3) is 4.33. The van der Waals surface area contributed by atoms with Gasteiger partial charge in [0.2, 0.25) is 5.91 Å². The first kappa shape index (κ1) is 17.7. The van der Waals surface area contributed by atoms with Gasteiger partial charge in [0.15, 0.2) is 15.2 Å². The molecule has 3 heterocycles. The smallest absolute Gasteiger partial charge is 0.246 e. The fourth-order valence-electron chi connectivity index (χ4n) is 2.32. The Bertz CT molecular complexity index is 1070. The number of nitrogens with one attached hydrogen (secondary N) is 2. The van der Waals surface area contributed by atoms with Gasteiger partial charge in [0.1, 0.15) is 0 Å². The molecule has 0 unspecified atom stereocenters. The van der Waals surface area contributed by atoms with Gasteiger partial charge in [-0.2, -0.15) is 5.10 Å². The summed E-state index contributed by atoms with van der Waals surface area (Å²) in [5.74, 6) is -0.250. The highest BCUT2D eigenvalue weighted by molar-refractivity contribution is 7.17. The van der Waals surface area contributed by atoms with E-state index in [0.717, 1.165) is 10.6 Å². The van der Waals surface area contributed by atoms with Crippen LogP contribution >= 0.6 is 34.3 Å². The predicted molar refractivity (Wildman–Crippen MR) is 109 cm³/mol. The summed E-state index contributed by atoms with van der Waals surface area (Å²) in [6, 6.07) is 9.67. The van der Waals surface area contributed by atoms with Gasteiger partial charge in [0, 0.05) is 23.5 Å². The second-order valence-corrected chi connectivity index (χ2v) is 7.72. The molecule has 0 saturated heterocycles. The second-order valence-electron chi connectivity index (χ2n) is 5.46. The molecule has 0 atom stereocenters. The van der Waals surface area contributed by atoms with Crippen LogP contribution in [0.5, 0.6) is 0 Å². The number of rotatable bonds is 6. The molecule has 4 aromatic rings. The summed E-state index contributed by atoms with van der Waals surface area (Å²) < 4.78 is 1.88. The van der Waals surface area contributed by atoms with Crippen molar-refractivity contribution in [2.24, 2.45) is 5.10 Å². The van der Waals surface area contributed by atoms with E-state index in [1.165, 1.54) is 28.9 Å². The van der Waals surface area contributed by atoms with Crippen molar-refractivity contribution in [3.8, 4) is 0 Å². The second kappa shape index (κ2) is 7.87. The van der Waals surface area contributed by atoms with Crippen molar-refractivity contribution in [1.82, 2.24) is 19.8 Å². The van der Waals surface area contributed by atoms with Crippen LogP contribution in [0.2, 0.25) is 5.15 Å². The summed E-state index contributed by atoms with van der Waals surface area (Å²) in [7, 11) is 0. The Balaban J connectivity index is 1.35. The molecule has 136 valence electrons. The molecule has 10 heteroatoms. The van der Waals surface area contributed by atoms with Crippen LogP contribution < -0.4 is 10.7 Å². The first-order valence-corrected chi connectivity index (χ1v) is 9.96. The van der Waals surface area contributed by atoms with Crippen molar-refractivity contribution < 1.29 is 4.79 Å². The van der Waals surface area contributed by atoms with Gasteiger partial charge < -0.3 is 5.32 Å². The number of imidazole rings is 1. The average Bonchev–Trinajstić information content (AvgIpc) is 3.31. The highest BCUT2D eigenvalue weighted by Crippen LogP contribution is 2.27.